The highest BCUT2D eigenvalue weighted by Gasteiger charge is 2.26. The topological polar surface area (TPSA) is 108 Å². The van der Waals surface area contributed by atoms with Crippen molar-refractivity contribution in [1.29, 1.82) is 0 Å². The number of carboxylic acid groups (broad SMARTS) is 1. The first-order valence-electron chi connectivity index (χ1n) is 13.3. The molecule has 0 aliphatic carbocycles. The fourth-order valence-corrected chi connectivity index (χ4v) is 5.00. The van der Waals surface area contributed by atoms with Crippen molar-refractivity contribution in [3.63, 3.8) is 0 Å². The summed E-state index contributed by atoms with van der Waals surface area (Å²) in [5.41, 5.74) is 4.63. The normalized spacial score (nSPS) is 12.0. The first-order chi connectivity index (χ1) is 19.5. The number of methoxy groups -OCH3 is 1. The molecule has 0 saturated heterocycles. The van der Waals surface area contributed by atoms with Gasteiger partial charge in [-0.2, -0.15) is 8.75 Å². The predicted molar refractivity (Wildman–Crippen MR) is 160 cm³/mol. The lowest BCUT2D eigenvalue weighted by Crippen LogP contribution is -2.15. The van der Waals surface area contributed by atoms with E-state index < -0.39 is 5.97 Å². The average molecular weight is 575 g/mol. The van der Waals surface area contributed by atoms with Gasteiger partial charge in [-0.15, -0.1) is 0 Å². The van der Waals surface area contributed by atoms with Gasteiger partial charge in [-0.25, -0.2) is 4.79 Å². The first-order valence-corrected chi connectivity index (χ1v) is 14.1. The molecule has 4 aromatic rings. The van der Waals surface area contributed by atoms with Crippen LogP contribution in [0.1, 0.15) is 60.3 Å². The minimum absolute atomic E-state index is 0.00746. The Morgan fingerprint density at radius 1 is 0.829 bits per heavy atom. The summed E-state index contributed by atoms with van der Waals surface area (Å²) < 4.78 is 26.2. The van der Waals surface area contributed by atoms with Crippen LogP contribution in [0.3, 0.4) is 0 Å². The molecule has 0 saturated carbocycles. The Kier molecular flexibility index (Phi) is 9.08. The number of fused-ring (bicyclic) bond motifs is 1. The van der Waals surface area contributed by atoms with E-state index in [9.17, 15) is 14.7 Å². The molecule has 1 aromatic heterocycles. The van der Waals surface area contributed by atoms with Crippen LogP contribution in [-0.2, 0) is 11.2 Å². The quantitative estimate of drug-likeness (QED) is 0.153. The molecule has 0 amide bonds. The van der Waals surface area contributed by atoms with Gasteiger partial charge in [0.15, 0.2) is 17.3 Å². The van der Waals surface area contributed by atoms with Crippen LogP contribution >= 0.6 is 11.7 Å². The molecule has 41 heavy (non-hydrogen) atoms. The molecule has 3 aromatic carbocycles. The molecule has 0 unspecified atom stereocenters. The number of benzene rings is 3. The first kappa shape index (κ1) is 29.7. The SMILES string of the molecule is COc1cc(CC(C(=O)c2ccc(C)c(C)c2)=C(C(=O)O)c2ccc3nsnc3c2)cc(OC(C)C)c1OC(C)C. The minimum Gasteiger partial charge on any atom is -0.493 e. The zero-order valence-electron chi connectivity index (χ0n) is 24.3. The van der Waals surface area contributed by atoms with Gasteiger partial charge in [0, 0.05) is 17.6 Å². The maximum Gasteiger partial charge on any atom is 0.336 e. The molecular formula is C32H34N2O6S. The maximum absolute atomic E-state index is 14.1. The van der Waals surface area contributed by atoms with Crippen LogP contribution in [0, 0.1) is 13.8 Å². The van der Waals surface area contributed by atoms with E-state index in [0.717, 1.165) is 22.9 Å². The number of ketones is 1. The van der Waals surface area contributed by atoms with Crippen LogP contribution in [0.25, 0.3) is 16.6 Å². The number of hydrogen-bond donors (Lipinski definition) is 1. The Morgan fingerprint density at radius 2 is 1.49 bits per heavy atom. The van der Waals surface area contributed by atoms with E-state index in [1.165, 1.54) is 7.11 Å². The summed E-state index contributed by atoms with van der Waals surface area (Å²) in [7, 11) is 1.53. The Bertz CT molecular complexity index is 1640. The molecule has 0 radical (unpaired) electrons. The minimum atomic E-state index is -1.22. The van der Waals surface area contributed by atoms with Crippen LogP contribution in [0.2, 0.25) is 0 Å². The van der Waals surface area contributed by atoms with Crippen molar-refractivity contribution in [3.05, 3.63) is 81.9 Å². The molecular weight excluding hydrogens is 540 g/mol. The Labute approximate surface area is 243 Å². The summed E-state index contributed by atoms with van der Waals surface area (Å²) in [6, 6.07) is 13.9. The largest absolute Gasteiger partial charge is 0.493 e. The van der Waals surface area contributed by atoms with E-state index >= 15 is 0 Å². The van der Waals surface area contributed by atoms with Crippen LogP contribution in [0.4, 0.5) is 0 Å². The van der Waals surface area contributed by atoms with Crippen LogP contribution in [-0.4, -0.2) is 44.9 Å². The van der Waals surface area contributed by atoms with Gasteiger partial charge in [-0.05, 0) is 94.1 Å². The lowest BCUT2D eigenvalue weighted by atomic mass is 9.88. The monoisotopic (exact) mass is 574 g/mol. The van der Waals surface area contributed by atoms with Crippen LogP contribution in [0.5, 0.6) is 17.2 Å². The van der Waals surface area contributed by atoms with Crippen molar-refractivity contribution >= 4 is 40.1 Å². The fraction of sp³-hybridized carbons (Fsp3) is 0.312. The highest BCUT2D eigenvalue weighted by atomic mass is 32.1. The van der Waals surface area contributed by atoms with E-state index in [-0.39, 0.29) is 35.6 Å². The standard InChI is InChI=1S/C32H34N2O6S/c1-17(2)39-28-15-21(14-27(38-7)31(28)40-18(3)4)13-24(30(35)23-9-8-19(5)20(6)12-23)29(32(36)37)22-10-11-25-26(16-22)34-41-33-25/h8-12,14-18H,13H2,1-7H3,(H,36,37). The summed E-state index contributed by atoms with van der Waals surface area (Å²) in [5.74, 6) is -0.268. The molecule has 0 atom stereocenters. The number of carbonyl (C=O) groups is 2. The van der Waals surface area contributed by atoms with Crippen molar-refractivity contribution in [1.82, 2.24) is 8.75 Å². The van der Waals surface area contributed by atoms with Gasteiger partial charge in [0.05, 0.1) is 36.6 Å². The van der Waals surface area contributed by atoms with Crippen LogP contribution < -0.4 is 14.2 Å². The second-order valence-electron chi connectivity index (χ2n) is 10.4. The second-order valence-corrected chi connectivity index (χ2v) is 10.9. The number of carboxylic acids is 1. The van der Waals surface area contributed by atoms with E-state index in [1.54, 1.807) is 42.5 Å². The molecule has 0 aliphatic rings. The van der Waals surface area contributed by atoms with Crippen LogP contribution in [0.15, 0.2) is 54.1 Å². The van der Waals surface area contributed by atoms with Gasteiger partial charge in [0.25, 0.3) is 0 Å². The number of rotatable bonds is 11. The van der Waals surface area contributed by atoms with Gasteiger partial charge in [-0.3, -0.25) is 4.79 Å². The van der Waals surface area contributed by atoms with E-state index in [2.05, 4.69) is 8.75 Å². The Morgan fingerprint density at radius 3 is 2.12 bits per heavy atom. The van der Waals surface area contributed by atoms with Crippen molar-refractivity contribution < 1.29 is 28.9 Å². The third-order valence-electron chi connectivity index (χ3n) is 6.50. The lowest BCUT2D eigenvalue weighted by molar-refractivity contribution is -0.130. The highest BCUT2D eigenvalue weighted by Crippen LogP contribution is 2.41. The number of carbonyl (C=O) groups excluding carboxylic acids is 1. The van der Waals surface area contributed by atoms with Gasteiger partial charge in [0.1, 0.15) is 11.0 Å². The molecule has 0 fully saturated rings. The Balaban J connectivity index is 1.95. The van der Waals surface area contributed by atoms with Crippen molar-refractivity contribution in [2.24, 2.45) is 0 Å². The average Bonchev–Trinajstić information content (AvgIpc) is 3.38. The molecule has 9 heteroatoms. The third-order valence-corrected chi connectivity index (χ3v) is 7.06. The van der Waals surface area contributed by atoms with E-state index in [0.29, 0.717) is 45.0 Å². The third kappa shape index (κ3) is 6.74. The molecule has 1 N–H and O–H groups in total. The number of aliphatic carboxylic acids is 1. The second kappa shape index (κ2) is 12.5. The summed E-state index contributed by atoms with van der Waals surface area (Å²) in [6.45, 7) is 11.5. The number of nitrogens with zero attached hydrogens (tertiary/aromatic N) is 2. The number of allylic oxidation sites excluding steroid dienone is 1. The number of hydrogen-bond acceptors (Lipinski definition) is 8. The molecule has 4 rings (SSSR count). The number of Topliss-reactive ketones (excluding diaryl/α,β-unsaturated/α-hetero) is 1. The summed E-state index contributed by atoms with van der Waals surface area (Å²) in [6.07, 6.45) is -0.294. The highest BCUT2D eigenvalue weighted by molar-refractivity contribution is 7.00. The zero-order chi connectivity index (χ0) is 29.8. The van der Waals surface area contributed by atoms with Gasteiger partial charge in [0.2, 0.25) is 5.75 Å². The van der Waals surface area contributed by atoms with Gasteiger partial charge < -0.3 is 19.3 Å². The number of ether oxygens (including phenoxy) is 3. The fourth-order valence-electron chi connectivity index (χ4n) is 4.49. The number of aromatic nitrogens is 2. The number of aryl methyl sites for hydroxylation is 2. The smallest absolute Gasteiger partial charge is 0.336 e. The molecule has 0 bridgehead atoms. The molecule has 214 valence electrons. The Hall–Kier alpha value is -4.24. The van der Waals surface area contributed by atoms with Crippen molar-refractivity contribution in [2.45, 2.75) is 60.2 Å². The van der Waals surface area contributed by atoms with E-state index in [4.69, 9.17) is 14.2 Å². The lowest BCUT2D eigenvalue weighted by Gasteiger charge is -2.21. The molecule has 0 aliphatic heterocycles. The predicted octanol–water partition coefficient (Wildman–Crippen LogP) is 6.85. The zero-order valence-corrected chi connectivity index (χ0v) is 25.1. The molecule has 1 heterocycles. The van der Waals surface area contributed by atoms with Gasteiger partial charge >= 0.3 is 5.97 Å². The van der Waals surface area contributed by atoms with Crippen molar-refractivity contribution in [3.8, 4) is 17.2 Å². The summed E-state index contributed by atoms with van der Waals surface area (Å²) >= 11 is 1.04. The molecule has 0 spiro atoms. The molecule has 8 nitrogen and oxygen atoms in total. The van der Waals surface area contributed by atoms with Gasteiger partial charge in [-0.1, -0.05) is 18.2 Å². The summed E-state index contributed by atoms with van der Waals surface area (Å²) in [4.78, 5) is 27.0. The summed E-state index contributed by atoms with van der Waals surface area (Å²) in [5, 5.41) is 10.5. The maximum atomic E-state index is 14.1. The van der Waals surface area contributed by atoms with E-state index in [1.807, 2.05) is 47.6 Å². The van der Waals surface area contributed by atoms with Crippen molar-refractivity contribution in [2.75, 3.05) is 7.11 Å².